The molecule has 0 spiro atoms. The lowest BCUT2D eigenvalue weighted by Gasteiger charge is -2.27. The fraction of sp³-hybridized carbons (Fsp3) is 0.692. The first-order valence-electron chi connectivity index (χ1n) is 6.10. The van der Waals surface area contributed by atoms with Crippen LogP contribution in [0.1, 0.15) is 34.1 Å². The summed E-state index contributed by atoms with van der Waals surface area (Å²) in [6.45, 7) is 11.6. The van der Waals surface area contributed by atoms with Crippen molar-refractivity contribution in [2.45, 2.75) is 45.8 Å². The normalized spacial score (nSPS) is 19.9. The lowest BCUT2D eigenvalue weighted by atomic mass is 10.1. The van der Waals surface area contributed by atoms with Crippen molar-refractivity contribution in [2.24, 2.45) is 0 Å². The number of carbonyl (C=O) groups excluding carboxylic acids is 2. The van der Waals surface area contributed by atoms with Crippen molar-refractivity contribution in [2.75, 3.05) is 13.2 Å². The summed E-state index contributed by atoms with van der Waals surface area (Å²) in [5.74, 6) is -0.439. The van der Waals surface area contributed by atoms with Crippen LogP contribution >= 0.6 is 0 Å². The lowest BCUT2D eigenvalue weighted by Crippen LogP contribution is -2.44. The first kappa shape index (κ1) is 14.5. The molecule has 0 aliphatic carbocycles. The van der Waals surface area contributed by atoms with Crippen LogP contribution in [0.4, 0.5) is 4.79 Å². The van der Waals surface area contributed by atoms with Gasteiger partial charge in [-0.15, -0.1) is 0 Å². The maximum atomic E-state index is 12.0. The highest BCUT2D eigenvalue weighted by atomic mass is 16.6. The number of likely N-dealkylation sites (tertiary alicyclic amines) is 1. The summed E-state index contributed by atoms with van der Waals surface area (Å²) in [5.41, 5.74) is 0.111. The molecule has 1 fully saturated rings. The molecule has 1 aliphatic rings. The molecule has 5 nitrogen and oxygen atoms in total. The molecule has 0 saturated carbocycles. The van der Waals surface area contributed by atoms with E-state index >= 15 is 0 Å². The van der Waals surface area contributed by atoms with Crippen molar-refractivity contribution in [3.63, 3.8) is 0 Å². The van der Waals surface area contributed by atoms with E-state index in [0.717, 1.165) is 0 Å². The number of carbonyl (C=O) groups is 2. The number of hydrogen-bond donors (Lipinski definition) is 0. The topological polar surface area (TPSA) is 55.8 Å². The molecule has 1 atom stereocenters. The standard InChI is InChI=1S/C13H21NO4/c1-6-17-11(15)10-9(2)7-8-14(10)12(16)18-13(3,4)5/h10H,2,6-8H2,1,3-5H3. The van der Waals surface area contributed by atoms with Gasteiger partial charge in [0, 0.05) is 6.54 Å². The summed E-state index contributed by atoms with van der Waals surface area (Å²) in [6.07, 6.45) is 0.0992. The minimum atomic E-state index is -0.709. The molecule has 5 heteroatoms. The second kappa shape index (κ2) is 5.42. The fourth-order valence-electron chi connectivity index (χ4n) is 1.78. The van der Waals surface area contributed by atoms with Crippen LogP contribution in [-0.4, -0.2) is 41.8 Å². The largest absolute Gasteiger partial charge is 0.464 e. The molecule has 1 rings (SSSR count). The number of nitrogens with zero attached hydrogens (tertiary/aromatic N) is 1. The zero-order valence-corrected chi connectivity index (χ0v) is 11.5. The Kier molecular flexibility index (Phi) is 4.38. The van der Waals surface area contributed by atoms with Crippen molar-refractivity contribution in [3.05, 3.63) is 12.2 Å². The third kappa shape index (κ3) is 3.48. The number of esters is 1. The van der Waals surface area contributed by atoms with Crippen molar-refractivity contribution in [1.82, 2.24) is 4.90 Å². The highest BCUT2D eigenvalue weighted by Crippen LogP contribution is 2.25. The van der Waals surface area contributed by atoms with Crippen LogP contribution in [0.2, 0.25) is 0 Å². The van der Waals surface area contributed by atoms with E-state index < -0.39 is 23.7 Å². The molecule has 0 N–H and O–H groups in total. The molecular formula is C13H21NO4. The van der Waals surface area contributed by atoms with Crippen LogP contribution < -0.4 is 0 Å². The second-order valence-corrected chi connectivity index (χ2v) is 5.24. The van der Waals surface area contributed by atoms with Crippen molar-refractivity contribution >= 4 is 12.1 Å². The van der Waals surface area contributed by atoms with Crippen LogP contribution in [0.15, 0.2) is 12.2 Å². The highest BCUT2D eigenvalue weighted by Gasteiger charge is 2.39. The van der Waals surface area contributed by atoms with Gasteiger partial charge in [-0.2, -0.15) is 0 Å². The Morgan fingerprint density at radius 2 is 2.06 bits per heavy atom. The van der Waals surface area contributed by atoms with Crippen molar-refractivity contribution in [1.29, 1.82) is 0 Å². The van der Waals surface area contributed by atoms with Crippen LogP contribution in [0.5, 0.6) is 0 Å². The highest BCUT2D eigenvalue weighted by molar-refractivity contribution is 5.85. The molecule has 0 aromatic heterocycles. The summed E-state index contributed by atoms with van der Waals surface area (Å²) in [5, 5.41) is 0. The van der Waals surface area contributed by atoms with E-state index in [9.17, 15) is 9.59 Å². The van der Waals surface area contributed by atoms with Gasteiger partial charge in [0.2, 0.25) is 0 Å². The van der Waals surface area contributed by atoms with Gasteiger partial charge in [-0.05, 0) is 39.7 Å². The Labute approximate surface area is 108 Å². The maximum absolute atomic E-state index is 12.0. The van der Waals surface area contributed by atoms with Gasteiger partial charge in [0.1, 0.15) is 5.60 Å². The second-order valence-electron chi connectivity index (χ2n) is 5.24. The third-order valence-electron chi connectivity index (χ3n) is 2.51. The van der Waals surface area contributed by atoms with E-state index in [-0.39, 0.29) is 6.61 Å². The van der Waals surface area contributed by atoms with Gasteiger partial charge in [0.05, 0.1) is 6.61 Å². The van der Waals surface area contributed by atoms with Gasteiger partial charge >= 0.3 is 12.1 Å². The van der Waals surface area contributed by atoms with E-state index in [4.69, 9.17) is 9.47 Å². The summed E-state index contributed by atoms with van der Waals surface area (Å²) in [6, 6.07) is -0.709. The van der Waals surface area contributed by atoms with Crippen molar-refractivity contribution in [3.8, 4) is 0 Å². The monoisotopic (exact) mass is 255 g/mol. The lowest BCUT2D eigenvalue weighted by molar-refractivity contribution is -0.147. The molecule has 1 heterocycles. The van der Waals surface area contributed by atoms with E-state index in [2.05, 4.69) is 6.58 Å². The Morgan fingerprint density at radius 3 is 2.56 bits per heavy atom. The molecule has 0 bridgehead atoms. The first-order chi connectivity index (χ1) is 8.26. The van der Waals surface area contributed by atoms with Crippen LogP contribution in [0.25, 0.3) is 0 Å². The van der Waals surface area contributed by atoms with Crippen LogP contribution in [0, 0.1) is 0 Å². The molecule has 1 aliphatic heterocycles. The Hall–Kier alpha value is -1.52. The number of ether oxygens (including phenoxy) is 2. The molecular weight excluding hydrogens is 234 g/mol. The molecule has 0 radical (unpaired) electrons. The molecule has 18 heavy (non-hydrogen) atoms. The van der Waals surface area contributed by atoms with E-state index in [1.165, 1.54) is 4.90 Å². The molecule has 1 amide bonds. The third-order valence-corrected chi connectivity index (χ3v) is 2.51. The quantitative estimate of drug-likeness (QED) is 0.560. The predicted molar refractivity (Wildman–Crippen MR) is 67.1 cm³/mol. The minimum absolute atomic E-state index is 0.283. The van der Waals surface area contributed by atoms with Gasteiger partial charge in [-0.3, -0.25) is 4.90 Å². The number of amides is 1. The SMILES string of the molecule is C=C1CCN(C(=O)OC(C)(C)C)C1C(=O)OCC. The molecule has 1 saturated heterocycles. The van der Waals surface area contributed by atoms with Gasteiger partial charge in [0.25, 0.3) is 0 Å². The molecule has 0 aromatic carbocycles. The summed E-state index contributed by atoms with van der Waals surface area (Å²) >= 11 is 0. The molecule has 1 unspecified atom stereocenters. The summed E-state index contributed by atoms with van der Waals surface area (Å²) in [4.78, 5) is 25.2. The Bertz CT molecular complexity index is 356. The first-order valence-corrected chi connectivity index (χ1v) is 6.10. The number of rotatable bonds is 2. The van der Waals surface area contributed by atoms with E-state index in [1.54, 1.807) is 27.7 Å². The van der Waals surface area contributed by atoms with Gasteiger partial charge < -0.3 is 9.47 Å². The average molecular weight is 255 g/mol. The van der Waals surface area contributed by atoms with E-state index in [0.29, 0.717) is 18.5 Å². The Balaban J connectivity index is 2.78. The van der Waals surface area contributed by atoms with Crippen LogP contribution in [-0.2, 0) is 14.3 Å². The zero-order chi connectivity index (χ0) is 13.9. The zero-order valence-electron chi connectivity index (χ0n) is 11.5. The van der Waals surface area contributed by atoms with Gasteiger partial charge in [-0.1, -0.05) is 6.58 Å². The summed E-state index contributed by atoms with van der Waals surface area (Å²) in [7, 11) is 0. The smallest absolute Gasteiger partial charge is 0.411 e. The molecule has 0 aromatic rings. The minimum Gasteiger partial charge on any atom is -0.464 e. The predicted octanol–water partition coefficient (Wildman–Crippen LogP) is 2.12. The van der Waals surface area contributed by atoms with Crippen LogP contribution in [0.3, 0.4) is 0 Å². The van der Waals surface area contributed by atoms with Gasteiger partial charge in [0.15, 0.2) is 6.04 Å². The molecule has 102 valence electrons. The summed E-state index contributed by atoms with van der Waals surface area (Å²) < 4.78 is 10.2. The average Bonchev–Trinajstić information content (AvgIpc) is 2.58. The van der Waals surface area contributed by atoms with Gasteiger partial charge in [-0.25, -0.2) is 9.59 Å². The van der Waals surface area contributed by atoms with E-state index in [1.807, 2.05) is 0 Å². The fourth-order valence-corrected chi connectivity index (χ4v) is 1.78. The Morgan fingerprint density at radius 1 is 1.44 bits per heavy atom. The van der Waals surface area contributed by atoms with Crippen molar-refractivity contribution < 1.29 is 19.1 Å². The number of hydrogen-bond acceptors (Lipinski definition) is 4. The maximum Gasteiger partial charge on any atom is 0.411 e.